The molecule has 0 aromatic heterocycles. The Labute approximate surface area is 55.4 Å². The third-order valence-electron chi connectivity index (χ3n) is 1.95. The van der Waals surface area contributed by atoms with Crippen molar-refractivity contribution in [2.45, 2.75) is 44.3 Å². The molecule has 1 saturated carbocycles. The average Bonchev–Trinajstić information content (AvgIpc) is 1.62. The van der Waals surface area contributed by atoms with Gasteiger partial charge in [-0.3, -0.25) is 0 Å². The molecule has 0 unspecified atom stereocenters. The number of hydrogen-bond acceptors (Lipinski definition) is 1. The fourth-order valence-electron chi connectivity index (χ4n) is 1.53. The number of halogens is 1. The van der Waals surface area contributed by atoms with E-state index in [0.29, 0.717) is 19.3 Å². The predicted octanol–water partition coefficient (Wildman–Crippen LogP) is 1.62. The molecule has 0 radical (unpaired) electrons. The summed E-state index contributed by atoms with van der Waals surface area (Å²) in [7, 11) is 0. The minimum absolute atomic E-state index is 0.140. The Morgan fingerprint density at radius 2 is 2.22 bits per heavy atom. The van der Waals surface area contributed by atoms with Crippen molar-refractivity contribution in [2.24, 2.45) is 5.73 Å². The normalized spacial score (nSPS) is 42.3. The van der Waals surface area contributed by atoms with Gasteiger partial charge in [-0.2, -0.15) is 0 Å². The van der Waals surface area contributed by atoms with Crippen LogP contribution in [0.5, 0.6) is 0 Å². The summed E-state index contributed by atoms with van der Waals surface area (Å²) >= 11 is 0. The van der Waals surface area contributed by atoms with E-state index in [2.05, 4.69) is 0 Å². The zero-order chi connectivity index (χ0) is 6.91. The SMILES string of the molecule is CCCC1(F)CC(N)C1. The molecule has 9 heavy (non-hydrogen) atoms. The lowest BCUT2D eigenvalue weighted by molar-refractivity contribution is 0.0344. The lowest BCUT2D eigenvalue weighted by Gasteiger charge is -2.39. The van der Waals surface area contributed by atoms with Crippen molar-refractivity contribution in [3.05, 3.63) is 0 Å². The summed E-state index contributed by atoms with van der Waals surface area (Å²) in [6.45, 7) is 2.01. The van der Waals surface area contributed by atoms with E-state index in [0.717, 1.165) is 6.42 Å². The first kappa shape index (κ1) is 7.00. The zero-order valence-electron chi connectivity index (χ0n) is 5.86. The Balaban J connectivity index is 2.23. The Morgan fingerprint density at radius 3 is 2.56 bits per heavy atom. The lowest BCUT2D eigenvalue weighted by atomic mass is 9.75. The van der Waals surface area contributed by atoms with Gasteiger partial charge in [0.25, 0.3) is 0 Å². The molecule has 0 atom stereocenters. The first-order chi connectivity index (χ1) is 4.16. The molecule has 1 rings (SSSR count). The van der Waals surface area contributed by atoms with Crippen LogP contribution in [0.2, 0.25) is 0 Å². The van der Waals surface area contributed by atoms with Crippen molar-refractivity contribution in [3.63, 3.8) is 0 Å². The van der Waals surface area contributed by atoms with E-state index in [1.165, 1.54) is 0 Å². The lowest BCUT2D eigenvalue weighted by Crippen LogP contribution is -2.48. The van der Waals surface area contributed by atoms with Crippen molar-refractivity contribution in [1.29, 1.82) is 0 Å². The van der Waals surface area contributed by atoms with Crippen LogP contribution in [0.25, 0.3) is 0 Å². The van der Waals surface area contributed by atoms with Crippen LogP contribution in [0.1, 0.15) is 32.6 Å². The maximum atomic E-state index is 13.1. The first-order valence-corrected chi connectivity index (χ1v) is 3.61. The van der Waals surface area contributed by atoms with Crippen LogP contribution in [0.4, 0.5) is 4.39 Å². The average molecular weight is 131 g/mol. The second kappa shape index (κ2) is 2.25. The number of alkyl halides is 1. The standard InChI is InChI=1S/C7H14FN/c1-2-3-7(8)4-6(9)5-7/h6H,2-5,9H2,1H3. The van der Waals surface area contributed by atoms with Crippen LogP contribution in [0, 0.1) is 0 Å². The van der Waals surface area contributed by atoms with Crippen molar-refractivity contribution in [1.82, 2.24) is 0 Å². The van der Waals surface area contributed by atoms with E-state index in [-0.39, 0.29) is 6.04 Å². The van der Waals surface area contributed by atoms with Crippen molar-refractivity contribution < 1.29 is 4.39 Å². The van der Waals surface area contributed by atoms with Crippen molar-refractivity contribution >= 4 is 0 Å². The van der Waals surface area contributed by atoms with Crippen LogP contribution >= 0.6 is 0 Å². The summed E-state index contributed by atoms with van der Waals surface area (Å²) in [6, 6.07) is 0.140. The molecule has 2 N–H and O–H groups in total. The molecule has 1 fully saturated rings. The highest BCUT2D eigenvalue weighted by Crippen LogP contribution is 2.38. The molecule has 0 heterocycles. The van der Waals surface area contributed by atoms with Gasteiger partial charge in [0.15, 0.2) is 0 Å². The Hall–Kier alpha value is -0.110. The fraction of sp³-hybridized carbons (Fsp3) is 1.00. The fourth-order valence-corrected chi connectivity index (χ4v) is 1.53. The Morgan fingerprint density at radius 1 is 1.67 bits per heavy atom. The summed E-state index contributed by atoms with van der Waals surface area (Å²) in [5, 5.41) is 0. The van der Waals surface area contributed by atoms with Gasteiger partial charge < -0.3 is 5.73 Å². The zero-order valence-corrected chi connectivity index (χ0v) is 5.86. The van der Waals surface area contributed by atoms with Gasteiger partial charge in [-0.1, -0.05) is 13.3 Å². The largest absolute Gasteiger partial charge is 0.327 e. The molecule has 0 aromatic rings. The maximum Gasteiger partial charge on any atom is 0.114 e. The molecule has 2 heteroatoms. The highest BCUT2D eigenvalue weighted by Gasteiger charge is 2.41. The molecule has 0 aromatic carbocycles. The van der Waals surface area contributed by atoms with Gasteiger partial charge in [-0.05, 0) is 19.3 Å². The van der Waals surface area contributed by atoms with Crippen LogP contribution < -0.4 is 5.73 Å². The second-order valence-electron chi connectivity index (χ2n) is 3.07. The minimum Gasteiger partial charge on any atom is -0.327 e. The summed E-state index contributed by atoms with van der Waals surface area (Å²) in [6.07, 6.45) is 2.80. The van der Waals surface area contributed by atoms with E-state index in [1.807, 2.05) is 6.92 Å². The molecule has 0 aliphatic heterocycles. The molecule has 1 aliphatic rings. The molecule has 0 saturated heterocycles. The second-order valence-corrected chi connectivity index (χ2v) is 3.07. The monoisotopic (exact) mass is 131 g/mol. The topological polar surface area (TPSA) is 26.0 Å². The first-order valence-electron chi connectivity index (χ1n) is 3.61. The summed E-state index contributed by atoms with van der Waals surface area (Å²) in [5.41, 5.74) is 4.56. The minimum atomic E-state index is -0.881. The Kier molecular flexibility index (Phi) is 1.75. The number of hydrogen-bond donors (Lipinski definition) is 1. The van der Waals surface area contributed by atoms with Crippen molar-refractivity contribution in [3.8, 4) is 0 Å². The summed E-state index contributed by atoms with van der Waals surface area (Å²) in [5.74, 6) is 0. The summed E-state index contributed by atoms with van der Waals surface area (Å²) in [4.78, 5) is 0. The van der Waals surface area contributed by atoms with E-state index >= 15 is 0 Å². The molecule has 1 nitrogen and oxygen atoms in total. The molecular formula is C7H14FN. The van der Waals surface area contributed by atoms with E-state index in [1.54, 1.807) is 0 Å². The maximum absolute atomic E-state index is 13.1. The third-order valence-corrected chi connectivity index (χ3v) is 1.95. The molecular weight excluding hydrogens is 117 g/mol. The van der Waals surface area contributed by atoms with E-state index in [4.69, 9.17) is 5.73 Å². The summed E-state index contributed by atoms with van der Waals surface area (Å²) < 4.78 is 13.1. The van der Waals surface area contributed by atoms with Gasteiger partial charge in [0.2, 0.25) is 0 Å². The predicted molar refractivity (Wildman–Crippen MR) is 36.0 cm³/mol. The van der Waals surface area contributed by atoms with Gasteiger partial charge in [-0.25, -0.2) is 4.39 Å². The molecule has 54 valence electrons. The van der Waals surface area contributed by atoms with Crippen LogP contribution in [-0.4, -0.2) is 11.7 Å². The molecule has 0 spiro atoms. The van der Waals surface area contributed by atoms with Crippen LogP contribution in [0.15, 0.2) is 0 Å². The highest BCUT2D eigenvalue weighted by molar-refractivity contribution is 4.96. The smallest absolute Gasteiger partial charge is 0.114 e. The van der Waals surface area contributed by atoms with E-state index in [9.17, 15) is 4.39 Å². The van der Waals surface area contributed by atoms with Gasteiger partial charge in [0.05, 0.1) is 0 Å². The highest BCUT2D eigenvalue weighted by atomic mass is 19.1. The van der Waals surface area contributed by atoms with Crippen molar-refractivity contribution in [2.75, 3.05) is 0 Å². The van der Waals surface area contributed by atoms with Gasteiger partial charge in [0.1, 0.15) is 5.67 Å². The molecule has 1 aliphatic carbocycles. The Bertz CT molecular complexity index is 91.6. The quantitative estimate of drug-likeness (QED) is 0.605. The van der Waals surface area contributed by atoms with Gasteiger partial charge >= 0.3 is 0 Å². The third kappa shape index (κ3) is 1.42. The molecule has 0 amide bonds. The molecule has 0 bridgehead atoms. The number of rotatable bonds is 2. The van der Waals surface area contributed by atoms with E-state index < -0.39 is 5.67 Å². The van der Waals surface area contributed by atoms with Gasteiger partial charge in [0, 0.05) is 6.04 Å². The van der Waals surface area contributed by atoms with Crippen LogP contribution in [-0.2, 0) is 0 Å². The van der Waals surface area contributed by atoms with Crippen LogP contribution in [0.3, 0.4) is 0 Å². The number of nitrogens with two attached hydrogens (primary N) is 1. The van der Waals surface area contributed by atoms with Gasteiger partial charge in [-0.15, -0.1) is 0 Å².